The predicted octanol–water partition coefficient (Wildman–Crippen LogP) is 2.46. The Labute approximate surface area is 69.1 Å². The normalized spacial score (nSPS) is 44.7. The van der Waals surface area contributed by atoms with Gasteiger partial charge in [0, 0.05) is 7.11 Å². The highest BCUT2D eigenvalue weighted by Gasteiger charge is 2.41. The number of methoxy groups -OCH3 is 1. The molecule has 3 unspecified atom stereocenters. The van der Waals surface area contributed by atoms with E-state index in [1.807, 2.05) is 7.11 Å². The van der Waals surface area contributed by atoms with Crippen LogP contribution in [0.25, 0.3) is 0 Å². The summed E-state index contributed by atoms with van der Waals surface area (Å²) in [6.07, 6.45) is 6.42. The van der Waals surface area contributed by atoms with E-state index in [2.05, 4.69) is 6.92 Å². The maximum Gasteiger partial charge on any atom is 0.0574 e. The molecule has 0 saturated heterocycles. The highest BCUT2D eigenvalue weighted by molar-refractivity contribution is 4.92. The van der Waals surface area contributed by atoms with Crippen molar-refractivity contribution in [2.45, 2.75) is 38.7 Å². The lowest BCUT2D eigenvalue weighted by atomic mass is 9.85. The van der Waals surface area contributed by atoms with Gasteiger partial charge in [-0.2, -0.15) is 0 Å². The summed E-state index contributed by atoms with van der Waals surface area (Å²) in [5.74, 6) is 2.95. The molecule has 0 aromatic heterocycles. The Morgan fingerprint density at radius 2 is 2.09 bits per heavy atom. The van der Waals surface area contributed by atoms with Crippen molar-refractivity contribution in [3.05, 3.63) is 0 Å². The largest absolute Gasteiger partial charge is 0.381 e. The van der Waals surface area contributed by atoms with Gasteiger partial charge in [0.25, 0.3) is 0 Å². The van der Waals surface area contributed by atoms with Crippen molar-refractivity contribution in [2.75, 3.05) is 7.11 Å². The van der Waals surface area contributed by atoms with E-state index in [-0.39, 0.29) is 0 Å². The number of hydrogen-bond donors (Lipinski definition) is 0. The van der Waals surface area contributed by atoms with Crippen molar-refractivity contribution in [3.8, 4) is 0 Å². The van der Waals surface area contributed by atoms with Crippen molar-refractivity contribution >= 4 is 0 Å². The average molecular weight is 154 g/mol. The second kappa shape index (κ2) is 2.78. The van der Waals surface area contributed by atoms with E-state index in [1.54, 1.807) is 0 Å². The second-order valence-electron chi connectivity index (χ2n) is 4.28. The first-order chi connectivity index (χ1) is 5.31. The molecule has 0 aliphatic heterocycles. The third kappa shape index (κ3) is 1.20. The maximum absolute atomic E-state index is 5.39. The molecule has 0 spiro atoms. The van der Waals surface area contributed by atoms with Crippen LogP contribution in [0.3, 0.4) is 0 Å². The molecule has 11 heavy (non-hydrogen) atoms. The third-order valence-corrected chi connectivity index (χ3v) is 3.77. The zero-order chi connectivity index (χ0) is 7.84. The smallest absolute Gasteiger partial charge is 0.0574 e. The van der Waals surface area contributed by atoms with Crippen LogP contribution < -0.4 is 0 Å². The van der Waals surface area contributed by atoms with E-state index < -0.39 is 0 Å². The lowest BCUT2D eigenvalue weighted by Crippen LogP contribution is -2.24. The van der Waals surface area contributed by atoms with Crippen LogP contribution >= 0.6 is 0 Å². The van der Waals surface area contributed by atoms with E-state index >= 15 is 0 Å². The topological polar surface area (TPSA) is 9.23 Å². The van der Waals surface area contributed by atoms with E-state index in [0.29, 0.717) is 6.10 Å². The molecule has 2 bridgehead atoms. The monoisotopic (exact) mass is 154 g/mol. The van der Waals surface area contributed by atoms with Gasteiger partial charge < -0.3 is 4.74 Å². The van der Waals surface area contributed by atoms with Gasteiger partial charge in [-0.15, -0.1) is 0 Å². The molecule has 2 saturated carbocycles. The summed E-state index contributed by atoms with van der Waals surface area (Å²) in [5, 5.41) is 0. The Morgan fingerprint density at radius 3 is 2.55 bits per heavy atom. The molecular formula is C10H18O. The maximum atomic E-state index is 5.39. The summed E-state index contributed by atoms with van der Waals surface area (Å²) < 4.78 is 5.39. The summed E-state index contributed by atoms with van der Waals surface area (Å²) in [4.78, 5) is 0. The lowest BCUT2D eigenvalue weighted by molar-refractivity contribution is 0.0428. The van der Waals surface area contributed by atoms with Gasteiger partial charge in [0.2, 0.25) is 0 Å². The Kier molecular flexibility index (Phi) is 1.92. The third-order valence-electron chi connectivity index (χ3n) is 3.77. The summed E-state index contributed by atoms with van der Waals surface area (Å²) in [7, 11) is 1.84. The van der Waals surface area contributed by atoms with Crippen LogP contribution in [0.4, 0.5) is 0 Å². The fourth-order valence-corrected chi connectivity index (χ4v) is 3.04. The molecule has 0 radical (unpaired) electrons. The molecule has 2 aliphatic carbocycles. The minimum atomic E-state index is 0.505. The molecule has 2 rings (SSSR count). The van der Waals surface area contributed by atoms with E-state index in [1.165, 1.54) is 25.7 Å². The van der Waals surface area contributed by atoms with Gasteiger partial charge in [-0.1, -0.05) is 6.42 Å². The molecule has 1 heteroatoms. The second-order valence-corrected chi connectivity index (χ2v) is 4.28. The minimum absolute atomic E-state index is 0.505. The number of fused-ring (bicyclic) bond motifs is 2. The summed E-state index contributed by atoms with van der Waals surface area (Å²) in [6.45, 7) is 2.23. The molecule has 4 atom stereocenters. The van der Waals surface area contributed by atoms with Crippen LogP contribution in [0.1, 0.15) is 32.6 Å². The van der Waals surface area contributed by atoms with Gasteiger partial charge in [0.15, 0.2) is 0 Å². The van der Waals surface area contributed by atoms with Crippen LogP contribution in [0.2, 0.25) is 0 Å². The first-order valence-corrected chi connectivity index (χ1v) is 4.84. The molecule has 64 valence electrons. The number of ether oxygens (including phenoxy) is 1. The van der Waals surface area contributed by atoms with E-state index in [9.17, 15) is 0 Å². The SMILES string of the molecule is COC(C)C1CC2CC[C@@H]1C2. The molecule has 0 heterocycles. The number of rotatable bonds is 2. The molecule has 0 aromatic carbocycles. The van der Waals surface area contributed by atoms with Crippen LogP contribution in [-0.2, 0) is 4.74 Å². The first kappa shape index (κ1) is 7.60. The van der Waals surface area contributed by atoms with E-state index in [4.69, 9.17) is 4.74 Å². The fraction of sp³-hybridized carbons (Fsp3) is 1.00. The zero-order valence-corrected chi connectivity index (χ0v) is 7.55. The lowest BCUT2D eigenvalue weighted by Gasteiger charge is -2.26. The Hall–Kier alpha value is -0.0400. The first-order valence-electron chi connectivity index (χ1n) is 4.84. The summed E-state index contributed by atoms with van der Waals surface area (Å²) in [6, 6.07) is 0. The molecular weight excluding hydrogens is 136 g/mol. The van der Waals surface area contributed by atoms with Crippen LogP contribution in [-0.4, -0.2) is 13.2 Å². The predicted molar refractivity (Wildman–Crippen MR) is 45.4 cm³/mol. The van der Waals surface area contributed by atoms with Gasteiger partial charge in [-0.3, -0.25) is 0 Å². The average Bonchev–Trinajstić information content (AvgIpc) is 2.62. The van der Waals surface area contributed by atoms with Crippen LogP contribution in [0, 0.1) is 17.8 Å². The number of hydrogen-bond acceptors (Lipinski definition) is 1. The van der Waals surface area contributed by atoms with Gasteiger partial charge in [-0.05, 0) is 43.9 Å². The zero-order valence-electron chi connectivity index (χ0n) is 7.55. The fourth-order valence-electron chi connectivity index (χ4n) is 3.04. The molecule has 1 nitrogen and oxygen atoms in total. The molecule has 2 aliphatic rings. The molecule has 0 aromatic rings. The quantitative estimate of drug-likeness (QED) is 0.593. The molecule has 0 N–H and O–H groups in total. The van der Waals surface area contributed by atoms with Crippen molar-refractivity contribution < 1.29 is 4.74 Å². The Bertz CT molecular complexity index is 144. The Morgan fingerprint density at radius 1 is 1.27 bits per heavy atom. The highest BCUT2D eigenvalue weighted by atomic mass is 16.5. The highest BCUT2D eigenvalue weighted by Crippen LogP contribution is 2.49. The minimum Gasteiger partial charge on any atom is -0.381 e. The van der Waals surface area contributed by atoms with Crippen molar-refractivity contribution in [2.24, 2.45) is 17.8 Å². The van der Waals surface area contributed by atoms with E-state index in [0.717, 1.165) is 17.8 Å². The van der Waals surface area contributed by atoms with Crippen molar-refractivity contribution in [3.63, 3.8) is 0 Å². The molecule has 2 fully saturated rings. The van der Waals surface area contributed by atoms with Crippen molar-refractivity contribution in [1.82, 2.24) is 0 Å². The standard InChI is InChI=1S/C10H18O/c1-7(11-2)10-6-8-3-4-9(10)5-8/h7-10H,3-6H2,1-2H3/t7?,8?,9-,10?/m1/s1. The van der Waals surface area contributed by atoms with Gasteiger partial charge >= 0.3 is 0 Å². The molecule has 0 amide bonds. The van der Waals surface area contributed by atoms with Crippen LogP contribution in [0.5, 0.6) is 0 Å². The van der Waals surface area contributed by atoms with Gasteiger partial charge in [0.05, 0.1) is 6.10 Å². The summed E-state index contributed by atoms with van der Waals surface area (Å²) >= 11 is 0. The summed E-state index contributed by atoms with van der Waals surface area (Å²) in [5.41, 5.74) is 0. The van der Waals surface area contributed by atoms with Crippen molar-refractivity contribution in [1.29, 1.82) is 0 Å². The van der Waals surface area contributed by atoms with Crippen LogP contribution in [0.15, 0.2) is 0 Å². The van der Waals surface area contributed by atoms with Gasteiger partial charge in [0.1, 0.15) is 0 Å². The van der Waals surface area contributed by atoms with Gasteiger partial charge in [-0.25, -0.2) is 0 Å². The Balaban J connectivity index is 1.96.